The molecule has 2 N–H and O–H groups in total. The molecule has 0 atom stereocenters. The molecule has 2 nitrogen and oxygen atoms in total. The molecule has 0 spiro atoms. The molecule has 0 saturated carbocycles. The Morgan fingerprint density at radius 2 is 1.53 bits per heavy atom. The third kappa shape index (κ3) is 9.41. The summed E-state index contributed by atoms with van der Waals surface area (Å²) in [5.41, 5.74) is 0.715. The average Bonchev–Trinajstić information content (AvgIpc) is 2.29. The Morgan fingerprint density at radius 1 is 1.11 bits per heavy atom. The Hall–Kier alpha value is -0.130. The summed E-state index contributed by atoms with van der Waals surface area (Å²) < 4.78 is 0.272. The van der Waals surface area contributed by atoms with Gasteiger partial charge in [0, 0.05) is 15.7 Å². The van der Waals surface area contributed by atoms with Gasteiger partial charge in [0.1, 0.15) is 0 Å². The predicted octanol–water partition coefficient (Wildman–Crippen LogP) is 3.17. The minimum absolute atomic E-state index is 0.272. The summed E-state index contributed by atoms with van der Waals surface area (Å²) in [6.07, 6.45) is 0. The van der Waals surface area contributed by atoms with E-state index in [1.165, 1.54) is 19.6 Å². The van der Waals surface area contributed by atoms with Gasteiger partial charge in [-0.1, -0.05) is 27.5 Å². The third-order valence-electron chi connectivity index (χ3n) is 2.61. The summed E-state index contributed by atoms with van der Waals surface area (Å²) in [6, 6.07) is 5.04. The first kappa shape index (κ1) is 18.9. The van der Waals surface area contributed by atoms with Gasteiger partial charge in [-0.05, 0) is 39.0 Å². The van der Waals surface area contributed by atoms with Crippen molar-refractivity contribution in [2.45, 2.75) is 20.8 Å². The molecular formula is C13H20Cl2N2S2. The van der Waals surface area contributed by atoms with Gasteiger partial charge in [-0.3, -0.25) is 0 Å². The van der Waals surface area contributed by atoms with Crippen molar-refractivity contribution in [1.82, 2.24) is 0 Å². The highest BCUT2D eigenvalue weighted by molar-refractivity contribution is 8.00. The first-order chi connectivity index (χ1) is 8.92. The van der Waals surface area contributed by atoms with Gasteiger partial charge in [-0.15, -0.1) is 0 Å². The second kappa shape index (κ2) is 10.6. The van der Waals surface area contributed by atoms with Crippen LogP contribution in [0.25, 0.3) is 0 Å². The van der Waals surface area contributed by atoms with Crippen LogP contribution in [0.1, 0.15) is 20.8 Å². The maximum absolute atomic E-state index is 5.73. The molecule has 0 aliphatic heterocycles. The van der Waals surface area contributed by atoms with Crippen LogP contribution < -0.4 is 10.2 Å². The molecule has 0 aliphatic rings. The van der Waals surface area contributed by atoms with E-state index in [1.54, 1.807) is 23.1 Å². The van der Waals surface area contributed by atoms with Crippen LogP contribution in [-0.2, 0) is 12.6 Å². The maximum Gasteiger partial charge on any atom is 0.0742 e. The minimum atomic E-state index is 0.272. The van der Waals surface area contributed by atoms with Gasteiger partial charge in [-0.2, -0.15) is 0 Å². The first-order valence-electron chi connectivity index (χ1n) is 6.20. The summed E-state index contributed by atoms with van der Waals surface area (Å²) >= 11 is 20.8. The molecular weight excluding hydrogens is 319 g/mol. The molecule has 1 aromatic carbocycles. The molecule has 0 fully saturated rings. The summed E-state index contributed by atoms with van der Waals surface area (Å²) in [5.74, 6) is 0. The molecule has 1 aromatic rings. The molecule has 0 heterocycles. The van der Waals surface area contributed by atoms with Crippen LogP contribution in [-0.4, -0.2) is 24.0 Å². The lowest BCUT2D eigenvalue weighted by Crippen LogP contribution is -3.11. The van der Waals surface area contributed by atoms with E-state index < -0.39 is 0 Å². The monoisotopic (exact) mass is 338 g/mol. The van der Waals surface area contributed by atoms with Crippen molar-refractivity contribution in [3.8, 4) is 0 Å². The molecule has 0 bridgehead atoms. The molecule has 1 rings (SSSR count). The fraction of sp³-hybridized carbons (Fsp3) is 0.462. The van der Waals surface area contributed by atoms with Gasteiger partial charge < -0.3 is 35.1 Å². The van der Waals surface area contributed by atoms with Crippen molar-refractivity contribution >= 4 is 58.1 Å². The smallest absolute Gasteiger partial charge is 0.0742 e. The lowest BCUT2D eigenvalue weighted by atomic mass is 10.3. The van der Waals surface area contributed by atoms with Crippen molar-refractivity contribution in [3.05, 3.63) is 28.2 Å². The summed E-state index contributed by atoms with van der Waals surface area (Å²) in [4.78, 5) is 1.68. The molecule has 0 aromatic heterocycles. The zero-order chi connectivity index (χ0) is 14.8. The number of thiocarbonyl (C=S) groups is 1. The van der Waals surface area contributed by atoms with Crippen LogP contribution in [0.15, 0.2) is 18.2 Å². The fourth-order valence-corrected chi connectivity index (χ4v) is 2.26. The van der Waals surface area contributed by atoms with Crippen LogP contribution in [0, 0.1) is 0 Å². The summed E-state index contributed by atoms with van der Waals surface area (Å²) in [7, 11) is 0. The summed E-state index contributed by atoms with van der Waals surface area (Å²) in [5, 5.41) is 3.87. The topological polar surface area (TPSA) is 16.5 Å². The van der Waals surface area contributed by atoms with Gasteiger partial charge >= 0.3 is 0 Å². The number of nitrogens with one attached hydrogen (secondary N) is 2. The summed E-state index contributed by atoms with van der Waals surface area (Å²) in [6.45, 7) is 10.5. The quantitative estimate of drug-likeness (QED) is 0.648. The highest BCUT2D eigenvalue weighted by atomic mass is 35.5. The Morgan fingerprint density at radius 3 is 1.79 bits per heavy atom. The number of hydrogen-bond donors (Lipinski definition) is 2. The van der Waals surface area contributed by atoms with E-state index in [9.17, 15) is 0 Å². The number of rotatable bonds is 4. The lowest BCUT2D eigenvalue weighted by molar-refractivity contribution is -0.894. The predicted molar refractivity (Wildman–Crippen MR) is 92.6 cm³/mol. The average molecular weight is 339 g/mol. The number of anilines is 1. The van der Waals surface area contributed by atoms with E-state index in [1.807, 2.05) is 0 Å². The van der Waals surface area contributed by atoms with E-state index in [4.69, 9.17) is 23.2 Å². The third-order valence-corrected chi connectivity index (χ3v) is 3.25. The van der Waals surface area contributed by atoms with Crippen molar-refractivity contribution in [1.29, 1.82) is 0 Å². The van der Waals surface area contributed by atoms with Gasteiger partial charge in [-0.25, -0.2) is 0 Å². The normalized spacial score (nSPS) is 9.79. The van der Waals surface area contributed by atoms with Crippen LogP contribution in [0.4, 0.5) is 5.69 Å². The molecule has 19 heavy (non-hydrogen) atoms. The van der Waals surface area contributed by atoms with E-state index in [0.717, 1.165) is 0 Å². The number of halogens is 2. The van der Waals surface area contributed by atoms with Crippen LogP contribution in [0.2, 0.25) is 10.0 Å². The Balaban J connectivity index is 0.000000399. The standard InChI is InChI=1S/C7H5Cl2NS2.C6H15N/c8-4-1-5(9)3-6(2-4)10-7(11)12;1-4-7(5-2)6-3/h1-3H,(H2,10,11,12);4-6H2,1-3H3. The van der Waals surface area contributed by atoms with Crippen molar-refractivity contribution < 1.29 is 4.90 Å². The highest BCUT2D eigenvalue weighted by Gasteiger charge is 1.95. The molecule has 6 heteroatoms. The number of hydrogen-bond acceptors (Lipinski definition) is 2. The molecule has 0 radical (unpaired) electrons. The van der Waals surface area contributed by atoms with Gasteiger partial charge in [0.15, 0.2) is 0 Å². The second-order valence-corrected chi connectivity index (χ2v) is 5.83. The molecule has 0 aliphatic carbocycles. The highest BCUT2D eigenvalue weighted by Crippen LogP contribution is 2.22. The maximum atomic E-state index is 5.73. The molecule has 108 valence electrons. The lowest BCUT2D eigenvalue weighted by Gasteiger charge is -2.10. The van der Waals surface area contributed by atoms with E-state index >= 15 is 0 Å². The zero-order valence-corrected chi connectivity index (χ0v) is 14.6. The fourth-order valence-electron chi connectivity index (χ4n) is 1.49. The van der Waals surface area contributed by atoms with E-state index in [2.05, 4.69) is 50.9 Å². The zero-order valence-electron chi connectivity index (χ0n) is 11.4. The number of quaternary nitrogens is 1. The van der Waals surface area contributed by atoms with Crippen molar-refractivity contribution in [2.75, 3.05) is 25.0 Å². The minimum Gasteiger partial charge on any atom is -0.411 e. The Labute approximate surface area is 136 Å². The van der Waals surface area contributed by atoms with Crippen LogP contribution in [0.5, 0.6) is 0 Å². The Kier molecular flexibility index (Phi) is 10.6. The van der Waals surface area contributed by atoms with Crippen molar-refractivity contribution in [2.24, 2.45) is 0 Å². The SMILES string of the molecule is CC[NH+](CC)CC.S=C([S-])Nc1cc(Cl)cc(Cl)c1. The molecule has 0 saturated heterocycles. The Bertz CT molecular complexity index is 370. The van der Waals surface area contributed by atoms with Gasteiger partial charge in [0.25, 0.3) is 0 Å². The first-order valence-corrected chi connectivity index (χ1v) is 7.77. The van der Waals surface area contributed by atoms with Crippen LogP contribution in [0.3, 0.4) is 0 Å². The van der Waals surface area contributed by atoms with Gasteiger partial charge in [0.05, 0.1) is 19.6 Å². The van der Waals surface area contributed by atoms with Crippen LogP contribution >= 0.6 is 35.4 Å². The second-order valence-electron chi connectivity index (χ2n) is 3.88. The number of benzene rings is 1. The molecule has 0 amide bonds. The van der Waals surface area contributed by atoms with E-state index in [0.29, 0.717) is 15.7 Å². The largest absolute Gasteiger partial charge is 0.411 e. The molecule has 0 unspecified atom stereocenters. The van der Waals surface area contributed by atoms with Crippen molar-refractivity contribution in [3.63, 3.8) is 0 Å². The van der Waals surface area contributed by atoms with E-state index in [-0.39, 0.29) is 4.32 Å². The van der Waals surface area contributed by atoms with Gasteiger partial charge in [0.2, 0.25) is 0 Å².